The number of fused-ring (bicyclic) bond motifs is 1. The van der Waals surface area contributed by atoms with Crippen LogP contribution in [0, 0.1) is 0 Å². The molecule has 9 heteroatoms. The molecule has 0 saturated carbocycles. The van der Waals surface area contributed by atoms with Gasteiger partial charge >= 0.3 is 5.97 Å². The molecule has 0 saturated heterocycles. The smallest absolute Gasteiger partial charge is 0.340 e. The molecule has 3 aromatic rings. The molecule has 0 N–H and O–H groups in total. The Bertz CT molecular complexity index is 1180. The Balaban J connectivity index is 1.98. The van der Waals surface area contributed by atoms with Gasteiger partial charge in [0.2, 0.25) is 10.0 Å². The Morgan fingerprint density at radius 3 is 2.33 bits per heavy atom. The van der Waals surface area contributed by atoms with E-state index in [0.717, 1.165) is 10.6 Å². The average molecular weight is 430 g/mol. The number of carbonyl (C=O) groups is 2. The third-order valence-corrected chi connectivity index (χ3v) is 5.64. The van der Waals surface area contributed by atoms with E-state index in [9.17, 15) is 18.0 Å². The Morgan fingerprint density at radius 1 is 1.07 bits per heavy atom. The quantitative estimate of drug-likeness (QED) is 0.535. The summed E-state index contributed by atoms with van der Waals surface area (Å²) in [6.45, 7) is 1.89. The predicted octanol–water partition coefficient (Wildman–Crippen LogP) is 2.93. The lowest BCUT2D eigenvalue weighted by molar-refractivity contribution is 0.0603. The fraction of sp³-hybridized carbons (Fsp3) is 0.238. The minimum Gasteiger partial charge on any atom is -0.494 e. The zero-order valence-electron chi connectivity index (χ0n) is 16.9. The molecule has 158 valence electrons. The van der Waals surface area contributed by atoms with Gasteiger partial charge in [-0.05, 0) is 37.3 Å². The zero-order chi connectivity index (χ0) is 21.9. The molecular formula is C21H22N2O6S. The van der Waals surface area contributed by atoms with Gasteiger partial charge in [-0.1, -0.05) is 18.2 Å². The summed E-state index contributed by atoms with van der Waals surface area (Å²) in [5, 5.41) is 0.546. The molecule has 0 atom stereocenters. The summed E-state index contributed by atoms with van der Waals surface area (Å²) in [5.74, 6) is -0.495. The number of hydrogen-bond donors (Lipinski definition) is 0. The number of carbonyl (C=O) groups excluding carboxylic acids is 2. The lowest BCUT2D eigenvalue weighted by atomic mass is 10.2. The Morgan fingerprint density at radius 2 is 1.73 bits per heavy atom. The van der Waals surface area contributed by atoms with E-state index in [4.69, 9.17) is 9.47 Å². The van der Waals surface area contributed by atoms with Gasteiger partial charge in [-0.15, -0.1) is 0 Å². The van der Waals surface area contributed by atoms with Crippen molar-refractivity contribution in [3.8, 4) is 5.75 Å². The molecule has 0 fully saturated rings. The van der Waals surface area contributed by atoms with Crippen LogP contribution in [0.5, 0.6) is 5.75 Å². The van der Waals surface area contributed by atoms with E-state index in [1.54, 1.807) is 48.5 Å². The van der Waals surface area contributed by atoms with Crippen molar-refractivity contribution in [1.82, 2.24) is 4.57 Å². The summed E-state index contributed by atoms with van der Waals surface area (Å²) in [5.41, 5.74) is 1.05. The maximum atomic E-state index is 13.1. The van der Waals surface area contributed by atoms with Crippen LogP contribution in [-0.2, 0) is 14.8 Å². The number of esters is 1. The molecule has 0 unspecified atom stereocenters. The van der Waals surface area contributed by atoms with E-state index >= 15 is 0 Å². The lowest BCUT2D eigenvalue weighted by Crippen LogP contribution is -2.36. The van der Waals surface area contributed by atoms with Crippen molar-refractivity contribution in [3.05, 3.63) is 60.3 Å². The SMILES string of the molecule is CCOc1ccc(N(CC(=O)n2cc(C(=O)OC)c3ccccc32)S(C)(=O)=O)cc1. The number of hydrogen-bond acceptors (Lipinski definition) is 6. The van der Waals surface area contributed by atoms with Crippen molar-refractivity contribution < 1.29 is 27.5 Å². The fourth-order valence-corrected chi connectivity index (χ4v) is 3.98. The number of para-hydroxylation sites is 1. The second kappa shape index (κ2) is 8.58. The van der Waals surface area contributed by atoms with Crippen molar-refractivity contribution >= 4 is 38.5 Å². The highest BCUT2D eigenvalue weighted by Crippen LogP contribution is 2.24. The van der Waals surface area contributed by atoms with Crippen molar-refractivity contribution in [2.75, 3.05) is 30.8 Å². The molecule has 0 spiro atoms. The minimum absolute atomic E-state index is 0.230. The summed E-state index contributed by atoms with van der Waals surface area (Å²) in [4.78, 5) is 25.1. The number of sulfonamides is 1. The molecule has 2 aromatic carbocycles. The molecule has 8 nitrogen and oxygen atoms in total. The number of anilines is 1. The zero-order valence-corrected chi connectivity index (χ0v) is 17.7. The highest BCUT2D eigenvalue weighted by molar-refractivity contribution is 7.92. The maximum Gasteiger partial charge on any atom is 0.340 e. The first-order valence-electron chi connectivity index (χ1n) is 9.18. The molecule has 0 bridgehead atoms. The van der Waals surface area contributed by atoms with Gasteiger partial charge in [0, 0.05) is 11.6 Å². The van der Waals surface area contributed by atoms with Gasteiger partial charge in [-0.3, -0.25) is 13.7 Å². The monoisotopic (exact) mass is 430 g/mol. The van der Waals surface area contributed by atoms with Crippen LogP contribution >= 0.6 is 0 Å². The second-order valence-corrected chi connectivity index (χ2v) is 8.42. The van der Waals surface area contributed by atoms with E-state index in [1.165, 1.54) is 17.9 Å². The van der Waals surface area contributed by atoms with Gasteiger partial charge in [0.05, 0.1) is 36.7 Å². The summed E-state index contributed by atoms with van der Waals surface area (Å²) in [7, 11) is -2.49. The first-order chi connectivity index (χ1) is 14.3. The number of aromatic nitrogens is 1. The van der Waals surface area contributed by atoms with Crippen molar-refractivity contribution in [2.45, 2.75) is 6.92 Å². The minimum atomic E-state index is -3.75. The van der Waals surface area contributed by atoms with Crippen LogP contribution < -0.4 is 9.04 Å². The van der Waals surface area contributed by atoms with Crippen LogP contribution in [0.15, 0.2) is 54.7 Å². The average Bonchev–Trinajstić information content (AvgIpc) is 3.11. The first kappa shape index (κ1) is 21.4. The van der Waals surface area contributed by atoms with Gasteiger partial charge in [-0.2, -0.15) is 0 Å². The molecule has 3 rings (SSSR count). The van der Waals surface area contributed by atoms with E-state index in [-0.39, 0.29) is 5.56 Å². The van der Waals surface area contributed by atoms with Gasteiger partial charge in [0.25, 0.3) is 5.91 Å². The number of rotatable bonds is 7. The van der Waals surface area contributed by atoms with Crippen LogP contribution in [0.2, 0.25) is 0 Å². The van der Waals surface area contributed by atoms with Gasteiger partial charge < -0.3 is 9.47 Å². The Hall–Kier alpha value is -3.33. The Kier molecular flexibility index (Phi) is 6.12. The summed E-state index contributed by atoms with van der Waals surface area (Å²) in [6, 6.07) is 13.3. The third kappa shape index (κ3) is 4.30. The third-order valence-electron chi connectivity index (χ3n) is 4.50. The van der Waals surface area contributed by atoms with E-state index < -0.39 is 28.4 Å². The molecule has 0 amide bonds. The van der Waals surface area contributed by atoms with Crippen LogP contribution in [0.1, 0.15) is 22.1 Å². The van der Waals surface area contributed by atoms with Crippen LogP contribution in [0.25, 0.3) is 10.9 Å². The lowest BCUT2D eigenvalue weighted by Gasteiger charge is -2.22. The molecule has 1 heterocycles. The maximum absolute atomic E-state index is 13.1. The standard InChI is InChI=1S/C21H22N2O6S/c1-4-29-16-11-9-15(10-12-16)23(30(3,26)27)14-20(24)22-13-18(21(25)28-2)17-7-5-6-8-19(17)22/h5-13H,4,14H2,1-3H3. The molecule has 0 aliphatic heterocycles. The van der Waals surface area contributed by atoms with Crippen LogP contribution in [0.4, 0.5) is 5.69 Å². The van der Waals surface area contributed by atoms with Crippen molar-refractivity contribution in [2.24, 2.45) is 0 Å². The molecule has 0 aliphatic rings. The van der Waals surface area contributed by atoms with E-state index in [2.05, 4.69) is 0 Å². The second-order valence-electron chi connectivity index (χ2n) is 6.51. The van der Waals surface area contributed by atoms with Crippen LogP contribution in [0.3, 0.4) is 0 Å². The van der Waals surface area contributed by atoms with Crippen molar-refractivity contribution in [1.29, 1.82) is 0 Å². The summed E-state index contributed by atoms with van der Waals surface area (Å²) in [6.07, 6.45) is 2.40. The Labute approximate surface area is 174 Å². The highest BCUT2D eigenvalue weighted by Gasteiger charge is 2.24. The summed E-state index contributed by atoms with van der Waals surface area (Å²) >= 11 is 0. The fourth-order valence-electron chi connectivity index (χ4n) is 3.13. The molecule has 30 heavy (non-hydrogen) atoms. The molecular weight excluding hydrogens is 408 g/mol. The molecule has 0 radical (unpaired) electrons. The number of benzene rings is 2. The topological polar surface area (TPSA) is 94.9 Å². The van der Waals surface area contributed by atoms with Crippen LogP contribution in [-0.4, -0.2) is 51.4 Å². The highest BCUT2D eigenvalue weighted by atomic mass is 32.2. The van der Waals surface area contributed by atoms with E-state index in [0.29, 0.717) is 28.9 Å². The number of nitrogens with zero attached hydrogens (tertiary/aromatic N) is 2. The van der Waals surface area contributed by atoms with Gasteiger partial charge in [0.1, 0.15) is 12.3 Å². The van der Waals surface area contributed by atoms with E-state index in [1.807, 2.05) is 6.92 Å². The van der Waals surface area contributed by atoms with Gasteiger partial charge in [-0.25, -0.2) is 13.2 Å². The predicted molar refractivity (Wildman–Crippen MR) is 114 cm³/mol. The number of ether oxygens (including phenoxy) is 2. The molecule has 1 aromatic heterocycles. The largest absolute Gasteiger partial charge is 0.494 e. The van der Waals surface area contributed by atoms with Gasteiger partial charge in [0.15, 0.2) is 0 Å². The first-order valence-corrected chi connectivity index (χ1v) is 11.0. The normalized spacial score (nSPS) is 11.3. The molecule has 0 aliphatic carbocycles. The summed E-state index contributed by atoms with van der Waals surface area (Å²) < 4.78 is 37.2. The van der Waals surface area contributed by atoms with Crippen molar-refractivity contribution in [3.63, 3.8) is 0 Å². The number of methoxy groups -OCH3 is 1.